The Labute approximate surface area is 246 Å². The predicted molar refractivity (Wildman–Crippen MR) is 152 cm³/mol. The minimum absolute atomic E-state index is 0. The van der Waals surface area contributed by atoms with Crippen LogP contribution in [0.3, 0.4) is 0 Å². The van der Waals surface area contributed by atoms with E-state index in [-0.39, 0.29) is 31.3 Å². The van der Waals surface area contributed by atoms with Gasteiger partial charge in [0.15, 0.2) is 0 Å². The summed E-state index contributed by atoms with van der Waals surface area (Å²) in [5, 5.41) is 2.64. The van der Waals surface area contributed by atoms with Crippen molar-refractivity contribution < 1.29 is 28.9 Å². The summed E-state index contributed by atoms with van der Waals surface area (Å²) in [5.74, 6) is -0.780. The molecule has 0 saturated heterocycles. The molecule has 0 amide bonds. The zero-order chi connectivity index (χ0) is 27.0. The van der Waals surface area contributed by atoms with Gasteiger partial charge in [-0.1, -0.05) is 67.9 Å². The molecular formula is C35H24F2IrN2-2. The summed E-state index contributed by atoms with van der Waals surface area (Å²) in [6.07, 6.45) is 3.19. The Morgan fingerprint density at radius 1 is 0.650 bits per heavy atom. The number of fused-ring (bicyclic) bond motifs is 5. The summed E-state index contributed by atoms with van der Waals surface area (Å²) >= 11 is 0. The van der Waals surface area contributed by atoms with E-state index in [0.29, 0.717) is 11.3 Å². The van der Waals surface area contributed by atoms with E-state index in [0.717, 1.165) is 11.3 Å². The van der Waals surface area contributed by atoms with E-state index >= 15 is 0 Å². The van der Waals surface area contributed by atoms with Crippen molar-refractivity contribution in [3.05, 3.63) is 144 Å². The molecule has 4 aromatic carbocycles. The van der Waals surface area contributed by atoms with Crippen LogP contribution in [0.25, 0.3) is 44.4 Å². The van der Waals surface area contributed by atoms with E-state index in [1.165, 1.54) is 69.6 Å². The van der Waals surface area contributed by atoms with E-state index < -0.39 is 5.82 Å². The van der Waals surface area contributed by atoms with Gasteiger partial charge in [-0.3, -0.25) is 0 Å². The van der Waals surface area contributed by atoms with Gasteiger partial charge in [-0.05, 0) is 56.9 Å². The Hall–Kier alpha value is -4.05. The average Bonchev–Trinajstić information content (AvgIpc) is 3.21. The SMILES string of the molecule is CC1(C)c2c(-c3ccccn3)[c-]ccc2-c2ccc3ccccc3c21.Fc1cc[c-]c(-c2cc(F)ccn2)c1.[Ir]. The molecule has 5 heteroatoms. The monoisotopic (exact) mass is 703 g/mol. The van der Waals surface area contributed by atoms with Crippen LogP contribution >= 0.6 is 0 Å². The fraction of sp³-hybridized carbons (Fsp3) is 0.0857. The van der Waals surface area contributed by atoms with Gasteiger partial charge in [-0.25, -0.2) is 8.78 Å². The van der Waals surface area contributed by atoms with Crippen molar-refractivity contribution in [3.63, 3.8) is 0 Å². The van der Waals surface area contributed by atoms with Crippen LogP contribution < -0.4 is 0 Å². The van der Waals surface area contributed by atoms with Crippen molar-refractivity contribution in [3.8, 4) is 33.6 Å². The van der Waals surface area contributed by atoms with Crippen molar-refractivity contribution in [2.24, 2.45) is 0 Å². The first kappa shape index (κ1) is 27.5. The van der Waals surface area contributed by atoms with Gasteiger partial charge in [0.05, 0.1) is 0 Å². The second-order valence-corrected chi connectivity index (χ2v) is 9.97. The average molecular weight is 703 g/mol. The van der Waals surface area contributed by atoms with Crippen LogP contribution in [0.4, 0.5) is 8.78 Å². The molecule has 0 atom stereocenters. The maximum Gasteiger partial charge on any atom is 0.117 e. The summed E-state index contributed by atoms with van der Waals surface area (Å²) in [7, 11) is 0. The van der Waals surface area contributed by atoms with E-state index in [2.05, 4.69) is 84.5 Å². The third-order valence-corrected chi connectivity index (χ3v) is 7.15. The van der Waals surface area contributed by atoms with Gasteiger partial charge in [0.2, 0.25) is 0 Å². The Morgan fingerprint density at radius 3 is 2.15 bits per heavy atom. The Morgan fingerprint density at radius 2 is 1.38 bits per heavy atom. The summed E-state index contributed by atoms with van der Waals surface area (Å²) in [4.78, 5) is 8.50. The van der Waals surface area contributed by atoms with Crippen molar-refractivity contribution in [2.45, 2.75) is 19.3 Å². The number of pyridine rings is 2. The molecule has 2 nitrogen and oxygen atoms in total. The number of aromatic nitrogens is 2. The van der Waals surface area contributed by atoms with Crippen LogP contribution in [0.15, 0.2) is 109 Å². The van der Waals surface area contributed by atoms with E-state index in [1.807, 2.05) is 24.4 Å². The molecule has 0 N–H and O–H groups in total. The van der Waals surface area contributed by atoms with Crippen molar-refractivity contribution >= 4 is 10.8 Å². The molecule has 6 aromatic rings. The zero-order valence-electron chi connectivity index (χ0n) is 21.9. The maximum atomic E-state index is 12.8. The predicted octanol–water partition coefficient (Wildman–Crippen LogP) is 8.83. The molecular weight excluding hydrogens is 679 g/mol. The molecule has 2 aromatic heterocycles. The van der Waals surface area contributed by atoms with Crippen LogP contribution in [0.2, 0.25) is 0 Å². The Bertz CT molecular complexity index is 1770. The maximum absolute atomic E-state index is 12.8. The van der Waals surface area contributed by atoms with Gasteiger partial charge in [0.1, 0.15) is 5.82 Å². The van der Waals surface area contributed by atoms with Crippen LogP contribution in [0, 0.1) is 23.8 Å². The third-order valence-electron chi connectivity index (χ3n) is 7.15. The van der Waals surface area contributed by atoms with E-state index in [1.54, 1.807) is 0 Å². The number of hydrogen-bond acceptors (Lipinski definition) is 2. The van der Waals surface area contributed by atoms with Crippen LogP contribution in [0.5, 0.6) is 0 Å². The van der Waals surface area contributed by atoms with Gasteiger partial charge in [0, 0.05) is 38.3 Å². The number of hydrogen-bond donors (Lipinski definition) is 0. The molecule has 0 spiro atoms. The molecule has 0 fully saturated rings. The second kappa shape index (κ2) is 11.2. The first-order valence-electron chi connectivity index (χ1n) is 12.7. The Kier molecular flexibility index (Phi) is 7.71. The molecule has 0 aliphatic heterocycles. The van der Waals surface area contributed by atoms with Crippen LogP contribution in [-0.2, 0) is 25.5 Å². The van der Waals surface area contributed by atoms with Gasteiger partial charge in [-0.15, -0.1) is 59.2 Å². The zero-order valence-corrected chi connectivity index (χ0v) is 24.3. The Balaban J connectivity index is 0.000000184. The fourth-order valence-electron chi connectivity index (χ4n) is 5.52. The summed E-state index contributed by atoms with van der Waals surface area (Å²) in [6, 6.07) is 36.2. The van der Waals surface area contributed by atoms with Crippen molar-refractivity contribution in [2.75, 3.05) is 0 Å². The van der Waals surface area contributed by atoms with Crippen LogP contribution in [0.1, 0.15) is 25.0 Å². The smallest absolute Gasteiger partial charge is 0.117 e. The van der Waals surface area contributed by atoms with Gasteiger partial charge in [-0.2, -0.15) is 0 Å². The number of nitrogens with zero attached hydrogens (tertiary/aromatic N) is 2. The fourth-order valence-corrected chi connectivity index (χ4v) is 5.52. The van der Waals surface area contributed by atoms with E-state index in [9.17, 15) is 8.78 Å². The van der Waals surface area contributed by atoms with Crippen molar-refractivity contribution in [1.29, 1.82) is 0 Å². The van der Waals surface area contributed by atoms with Crippen molar-refractivity contribution in [1.82, 2.24) is 9.97 Å². The minimum Gasteiger partial charge on any atom is -0.305 e. The van der Waals surface area contributed by atoms with Gasteiger partial charge in [0.25, 0.3) is 0 Å². The van der Waals surface area contributed by atoms with Gasteiger partial charge < -0.3 is 9.97 Å². The molecule has 40 heavy (non-hydrogen) atoms. The molecule has 199 valence electrons. The first-order valence-corrected chi connectivity index (χ1v) is 12.7. The second-order valence-electron chi connectivity index (χ2n) is 9.97. The normalized spacial score (nSPS) is 12.5. The molecule has 2 heterocycles. The number of benzene rings is 4. The summed E-state index contributed by atoms with van der Waals surface area (Å²) < 4.78 is 25.6. The van der Waals surface area contributed by atoms with E-state index in [4.69, 9.17) is 0 Å². The topological polar surface area (TPSA) is 25.8 Å². The summed E-state index contributed by atoms with van der Waals surface area (Å²) in [5.41, 5.74) is 8.24. The molecule has 1 aliphatic rings. The molecule has 0 saturated carbocycles. The molecule has 1 radical (unpaired) electrons. The van der Waals surface area contributed by atoms with Gasteiger partial charge >= 0.3 is 0 Å². The quantitative estimate of drug-likeness (QED) is 0.169. The molecule has 0 bridgehead atoms. The molecule has 0 unspecified atom stereocenters. The van der Waals surface area contributed by atoms with Crippen LogP contribution in [-0.4, -0.2) is 9.97 Å². The summed E-state index contributed by atoms with van der Waals surface area (Å²) in [6.45, 7) is 4.65. The standard InChI is InChI=1S/C24H18N.C11H6F2N.Ir/c1-24(2)22-17-9-4-3-8-16(17)13-14-19(22)18-10-7-11-20(23(18)24)21-12-5-6-15-25-21;12-9-3-1-2-8(6-9)11-7-10(13)4-5-14-11;/h3-10,12-15H,1-2H3;1,3-7H;/q2*-1;. The number of rotatable bonds is 2. The first-order chi connectivity index (χ1) is 18.9. The largest absolute Gasteiger partial charge is 0.305 e. The number of halogens is 2. The third kappa shape index (κ3) is 4.99. The minimum atomic E-state index is -0.396. The molecule has 1 aliphatic carbocycles. The molecule has 7 rings (SSSR count).